The Morgan fingerprint density at radius 1 is 0.565 bits per heavy atom. The molecule has 0 aliphatic heterocycles. The van der Waals surface area contributed by atoms with Gasteiger partial charge in [0.25, 0.3) is 0 Å². The van der Waals surface area contributed by atoms with Crippen molar-refractivity contribution in [3.05, 3.63) is 91.0 Å². The Balaban J connectivity index is 2.41. The largest absolute Gasteiger partial charge is 0.0717 e. The zero-order chi connectivity index (χ0) is 16.1. The molecule has 0 atom stereocenters. The van der Waals surface area contributed by atoms with Crippen molar-refractivity contribution < 1.29 is 0 Å². The summed E-state index contributed by atoms with van der Waals surface area (Å²) < 4.78 is 0. The summed E-state index contributed by atoms with van der Waals surface area (Å²) in [7, 11) is 0. The molecule has 0 amide bonds. The van der Waals surface area contributed by atoms with Crippen LogP contribution in [0.3, 0.4) is 0 Å². The van der Waals surface area contributed by atoms with E-state index in [0.29, 0.717) is 5.92 Å². The predicted octanol–water partition coefficient (Wildman–Crippen LogP) is 4.44. The minimum atomic E-state index is -1.73. The van der Waals surface area contributed by atoms with Crippen LogP contribution in [-0.4, -0.2) is 5.80 Å². The Bertz CT molecular complexity index is 684. The monoisotopic (exact) mass is 318 g/mol. The fraction of sp³-hybridized carbons (Fsp3) is 0.136. The van der Waals surface area contributed by atoms with Crippen molar-refractivity contribution in [1.82, 2.24) is 0 Å². The predicted molar refractivity (Wildman–Crippen MR) is 106 cm³/mol. The molecule has 0 heterocycles. The average molecular weight is 318 g/mol. The number of rotatable bonds is 4. The van der Waals surface area contributed by atoms with Crippen molar-refractivity contribution in [1.29, 1.82) is 0 Å². The molecule has 116 valence electrons. The van der Waals surface area contributed by atoms with Gasteiger partial charge in [0, 0.05) is 0 Å². The smallest absolute Gasteiger partial charge is 0.0163 e. The fourth-order valence-electron chi connectivity index (χ4n) is 3.14. The lowest BCUT2D eigenvalue weighted by Gasteiger charge is -2.29. The average Bonchev–Trinajstić information content (AvgIpc) is 2.62. The van der Waals surface area contributed by atoms with Crippen LogP contribution in [-0.2, 0) is 0 Å². The summed E-state index contributed by atoms with van der Waals surface area (Å²) in [6, 6.07) is 32.9. The van der Waals surface area contributed by atoms with Gasteiger partial charge in [0.15, 0.2) is 0 Å². The van der Waals surface area contributed by atoms with Gasteiger partial charge in [-0.25, -0.2) is 0 Å². The normalized spacial score (nSPS) is 11.4. The summed E-state index contributed by atoms with van der Waals surface area (Å²) >= 11 is 0. The highest BCUT2D eigenvalue weighted by atomic mass is 31.2. The Morgan fingerprint density at radius 3 is 1.13 bits per heavy atom. The molecule has 3 rings (SSSR count). The van der Waals surface area contributed by atoms with Crippen LogP contribution in [0.4, 0.5) is 0 Å². The molecular formula is C22H23P. The van der Waals surface area contributed by atoms with Crippen LogP contribution in [0.1, 0.15) is 13.8 Å². The molecule has 0 nitrogen and oxygen atoms in total. The minimum Gasteiger partial charge on any atom is -0.0717 e. The first-order valence-corrected chi connectivity index (χ1v) is 10.0. The second-order valence-electron chi connectivity index (χ2n) is 6.12. The molecule has 0 aliphatic carbocycles. The fourth-order valence-corrected chi connectivity index (χ4v) is 7.37. The molecule has 0 saturated heterocycles. The van der Waals surface area contributed by atoms with Crippen molar-refractivity contribution in [2.75, 3.05) is 0 Å². The Kier molecular flexibility index (Phi) is 4.84. The van der Waals surface area contributed by atoms with Crippen LogP contribution in [0.25, 0.3) is 0 Å². The van der Waals surface area contributed by atoms with E-state index >= 15 is 0 Å². The van der Waals surface area contributed by atoms with E-state index < -0.39 is 6.89 Å². The lowest BCUT2D eigenvalue weighted by molar-refractivity contribution is 0.920. The molecule has 23 heavy (non-hydrogen) atoms. The van der Waals surface area contributed by atoms with Gasteiger partial charge in [-0.3, -0.25) is 0 Å². The summed E-state index contributed by atoms with van der Waals surface area (Å²) in [5.41, 5.74) is 0. The first kappa shape index (κ1) is 15.8. The molecule has 0 N–H and O–H groups in total. The molecule has 0 bridgehead atoms. The van der Waals surface area contributed by atoms with Crippen molar-refractivity contribution in [3.8, 4) is 0 Å². The van der Waals surface area contributed by atoms with Crippen molar-refractivity contribution in [2.45, 2.75) is 13.8 Å². The maximum absolute atomic E-state index is 2.58. The summed E-state index contributed by atoms with van der Waals surface area (Å²) in [6.45, 7) is 2.83. The maximum atomic E-state index is 2.58. The second kappa shape index (κ2) is 7.02. The van der Waals surface area contributed by atoms with Gasteiger partial charge in [-0.15, -0.1) is 0 Å². The Labute approximate surface area is 139 Å². The van der Waals surface area contributed by atoms with E-state index in [0.717, 1.165) is 0 Å². The quantitative estimate of drug-likeness (QED) is 0.624. The van der Waals surface area contributed by atoms with Crippen LogP contribution < -0.4 is 15.9 Å². The summed E-state index contributed by atoms with van der Waals surface area (Å²) in [5, 5.41) is 4.27. The molecule has 3 aromatic carbocycles. The molecular weight excluding hydrogens is 295 g/mol. The molecule has 0 aliphatic rings. The molecule has 3 aromatic rings. The minimum absolute atomic E-state index is 0.518. The van der Waals surface area contributed by atoms with Gasteiger partial charge in [-0.05, 0) is 28.7 Å². The van der Waals surface area contributed by atoms with Crippen molar-refractivity contribution in [3.63, 3.8) is 0 Å². The van der Waals surface area contributed by atoms with E-state index in [9.17, 15) is 0 Å². The molecule has 1 heteroatoms. The van der Waals surface area contributed by atoms with Gasteiger partial charge >= 0.3 is 0 Å². The van der Waals surface area contributed by atoms with Gasteiger partial charge in [0.05, 0.1) is 0 Å². The van der Waals surface area contributed by atoms with Crippen LogP contribution in [0, 0.1) is 5.92 Å². The summed E-state index contributed by atoms with van der Waals surface area (Å²) in [5.74, 6) is 3.09. The summed E-state index contributed by atoms with van der Waals surface area (Å²) in [4.78, 5) is 0. The zero-order valence-electron chi connectivity index (χ0n) is 13.8. The number of hydrogen-bond donors (Lipinski definition) is 0. The number of hydrogen-bond acceptors (Lipinski definition) is 0. The van der Waals surface area contributed by atoms with Crippen molar-refractivity contribution >= 4 is 28.6 Å². The van der Waals surface area contributed by atoms with Crippen LogP contribution >= 0.6 is 6.89 Å². The van der Waals surface area contributed by atoms with E-state index in [1.165, 1.54) is 15.9 Å². The van der Waals surface area contributed by atoms with Gasteiger partial charge in [0.2, 0.25) is 0 Å². The van der Waals surface area contributed by atoms with E-state index in [1.54, 1.807) is 0 Å². The maximum Gasteiger partial charge on any atom is -0.0163 e. The van der Waals surface area contributed by atoms with E-state index in [2.05, 4.69) is 111 Å². The Morgan fingerprint density at radius 2 is 0.870 bits per heavy atom. The Hall–Kier alpha value is -2.04. The SMILES string of the molecule is CC(C)C=P(c1ccccc1)(c1ccccc1)c1ccccc1. The van der Waals surface area contributed by atoms with Gasteiger partial charge < -0.3 is 0 Å². The second-order valence-corrected chi connectivity index (χ2v) is 9.42. The third kappa shape index (κ3) is 3.19. The zero-order valence-corrected chi connectivity index (χ0v) is 14.7. The molecule has 0 saturated carbocycles. The molecule has 0 radical (unpaired) electrons. The van der Waals surface area contributed by atoms with Crippen LogP contribution in [0.15, 0.2) is 91.0 Å². The van der Waals surface area contributed by atoms with Crippen molar-refractivity contribution in [2.24, 2.45) is 5.92 Å². The molecule has 0 fully saturated rings. The highest BCUT2D eigenvalue weighted by molar-refractivity contribution is 7.94. The lowest BCUT2D eigenvalue weighted by Crippen LogP contribution is -2.27. The standard InChI is InChI=1S/C22H23P/c1-19(2)18-23(20-12-6-3-7-13-20,21-14-8-4-9-15-21)22-16-10-5-11-17-22/h3-19H,1-2H3. The highest BCUT2D eigenvalue weighted by Gasteiger charge is 2.24. The van der Waals surface area contributed by atoms with Crippen LogP contribution in [0.5, 0.6) is 0 Å². The third-order valence-corrected chi connectivity index (χ3v) is 8.39. The van der Waals surface area contributed by atoms with Crippen LogP contribution in [0.2, 0.25) is 0 Å². The summed E-state index contributed by atoms with van der Waals surface area (Å²) in [6.07, 6.45) is 0. The molecule has 0 spiro atoms. The first-order valence-electron chi connectivity index (χ1n) is 8.15. The van der Waals surface area contributed by atoms with Gasteiger partial charge in [0.1, 0.15) is 0 Å². The van der Waals surface area contributed by atoms with E-state index in [1.807, 2.05) is 0 Å². The van der Waals surface area contributed by atoms with Gasteiger partial charge in [-0.1, -0.05) is 111 Å². The molecule has 0 unspecified atom stereocenters. The third-order valence-electron chi connectivity index (χ3n) is 4.01. The van der Waals surface area contributed by atoms with E-state index in [4.69, 9.17) is 0 Å². The topological polar surface area (TPSA) is 0 Å². The first-order chi connectivity index (χ1) is 11.2. The molecule has 0 aromatic heterocycles. The number of benzene rings is 3. The lowest BCUT2D eigenvalue weighted by atomic mass is 10.3. The highest BCUT2D eigenvalue weighted by Crippen LogP contribution is 2.44. The van der Waals surface area contributed by atoms with E-state index in [-0.39, 0.29) is 0 Å². The van der Waals surface area contributed by atoms with Gasteiger partial charge in [-0.2, -0.15) is 0 Å².